The van der Waals surface area contributed by atoms with Crippen LogP contribution in [-0.2, 0) is 5.41 Å². The van der Waals surface area contributed by atoms with Crippen LogP contribution in [0.5, 0.6) is 0 Å². The van der Waals surface area contributed by atoms with Crippen LogP contribution in [0.25, 0.3) is 0 Å². The number of hydrogen-bond acceptors (Lipinski definition) is 5. The van der Waals surface area contributed by atoms with Crippen LogP contribution >= 0.6 is 15.9 Å². The van der Waals surface area contributed by atoms with E-state index in [2.05, 4.69) is 36.1 Å². The molecule has 0 saturated carbocycles. The molecule has 0 unspecified atom stereocenters. The Labute approximate surface area is 106 Å². The summed E-state index contributed by atoms with van der Waals surface area (Å²) in [6.45, 7) is 5.91. The molecular formula is C9H11BrN6O. The van der Waals surface area contributed by atoms with Crippen LogP contribution in [-0.4, -0.2) is 35.6 Å². The third-order valence-electron chi connectivity index (χ3n) is 2.03. The molecule has 0 saturated heterocycles. The van der Waals surface area contributed by atoms with Crippen LogP contribution in [0.3, 0.4) is 0 Å². The molecule has 2 heterocycles. The molecule has 0 amide bonds. The van der Waals surface area contributed by atoms with E-state index in [1.54, 1.807) is 0 Å². The predicted molar refractivity (Wildman–Crippen MR) is 62.6 cm³/mol. The summed E-state index contributed by atoms with van der Waals surface area (Å²) >= 11 is 3.20. The normalized spacial score (nSPS) is 11.8. The highest BCUT2D eigenvalue weighted by Crippen LogP contribution is 2.20. The van der Waals surface area contributed by atoms with Crippen LogP contribution in [0.2, 0.25) is 0 Å². The minimum Gasteiger partial charge on any atom is -0.243 e. The van der Waals surface area contributed by atoms with Crippen molar-refractivity contribution in [1.29, 1.82) is 0 Å². The summed E-state index contributed by atoms with van der Waals surface area (Å²) in [4.78, 5) is 19.9. The third kappa shape index (κ3) is 2.26. The van der Waals surface area contributed by atoms with Crippen molar-refractivity contribution in [2.75, 3.05) is 0 Å². The molecule has 2 rings (SSSR count). The fourth-order valence-corrected chi connectivity index (χ4v) is 1.54. The zero-order chi connectivity index (χ0) is 12.6. The van der Waals surface area contributed by atoms with E-state index in [9.17, 15) is 4.79 Å². The number of aromatic nitrogens is 6. The van der Waals surface area contributed by atoms with Crippen molar-refractivity contribution in [3.8, 4) is 0 Å². The van der Waals surface area contributed by atoms with Gasteiger partial charge in [-0.25, -0.2) is 14.8 Å². The van der Waals surface area contributed by atoms with E-state index in [1.165, 1.54) is 12.7 Å². The number of carbonyl (C=O) groups excluding carboxylic acids is 1. The van der Waals surface area contributed by atoms with Crippen molar-refractivity contribution in [2.45, 2.75) is 26.2 Å². The van der Waals surface area contributed by atoms with Crippen molar-refractivity contribution in [3.63, 3.8) is 0 Å². The lowest BCUT2D eigenvalue weighted by molar-refractivity contribution is 0.237. The molecule has 90 valence electrons. The predicted octanol–water partition coefficient (Wildman–Crippen LogP) is 1.45. The van der Waals surface area contributed by atoms with Crippen molar-refractivity contribution in [2.24, 2.45) is 0 Å². The molecule has 7 nitrogen and oxygen atoms in total. The minimum absolute atomic E-state index is 0.226. The van der Waals surface area contributed by atoms with Gasteiger partial charge in [0.1, 0.15) is 12.7 Å². The molecule has 2 aromatic rings. The molecule has 0 aliphatic heterocycles. The Bertz CT molecular complexity index is 538. The van der Waals surface area contributed by atoms with Crippen LogP contribution < -0.4 is 0 Å². The number of nitrogens with zero attached hydrogens (tertiary/aromatic N) is 6. The second kappa shape index (κ2) is 4.02. The van der Waals surface area contributed by atoms with Gasteiger partial charge in [0.2, 0.25) is 4.73 Å². The molecule has 0 aliphatic rings. The third-order valence-corrected chi connectivity index (χ3v) is 2.55. The fraction of sp³-hybridized carbons (Fsp3) is 0.444. The first-order valence-electron chi connectivity index (χ1n) is 4.92. The SMILES string of the molecule is CC(C)(C)c1nc(Br)n(C(=O)n2cncn2)n1. The highest BCUT2D eigenvalue weighted by atomic mass is 79.9. The van der Waals surface area contributed by atoms with Crippen LogP contribution in [0.4, 0.5) is 4.79 Å². The first-order chi connectivity index (χ1) is 7.89. The molecule has 0 fully saturated rings. The van der Waals surface area contributed by atoms with E-state index in [1.807, 2.05) is 20.8 Å². The lowest BCUT2D eigenvalue weighted by atomic mass is 9.96. The van der Waals surface area contributed by atoms with Gasteiger partial charge >= 0.3 is 6.03 Å². The molecule has 0 radical (unpaired) electrons. The minimum atomic E-state index is -0.433. The van der Waals surface area contributed by atoms with Crippen molar-refractivity contribution < 1.29 is 4.79 Å². The second-order valence-corrected chi connectivity index (χ2v) is 5.20. The summed E-state index contributed by atoms with van der Waals surface area (Å²) in [6, 6.07) is -0.433. The van der Waals surface area contributed by atoms with Gasteiger partial charge in [0, 0.05) is 5.41 Å². The summed E-state index contributed by atoms with van der Waals surface area (Å²) in [5, 5.41) is 7.91. The Hall–Kier alpha value is -1.57. The van der Waals surface area contributed by atoms with Gasteiger partial charge in [-0.15, -0.1) is 5.10 Å². The monoisotopic (exact) mass is 298 g/mol. The standard InChI is InChI=1S/C9H11BrN6O/c1-9(2,3)6-13-7(10)16(14-6)8(17)15-5-11-4-12-15/h4-5H,1-3H3. The van der Waals surface area contributed by atoms with E-state index in [4.69, 9.17) is 0 Å². The molecule has 0 aromatic carbocycles. The van der Waals surface area contributed by atoms with E-state index in [0.717, 1.165) is 9.36 Å². The summed E-state index contributed by atoms with van der Waals surface area (Å²) in [5.74, 6) is 0.581. The largest absolute Gasteiger partial charge is 0.373 e. The van der Waals surface area contributed by atoms with E-state index >= 15 is 0 Å². The molecule has 0 aliphatic carbocycles. The highest BCUT2D eigenvalue weighted by Gasteiger charge is 2.24. The van der Waals surface area contributed by atoms with Gasteiger partial charge in [0.25, 0.3) is 0 Å². The van der Waals surface area contributed by atoms with Gasteiger partial charge in [0.15, 0.2) is 5.82 Å². The second-order valence-electron chi connectivity index (χ2n) is 4.49. The topological polar surface area (TPSA) is 78.5 Å². The van der Waals surface area contributed by atoms with Gasteiger partial charge in [-0.05, 0) is 15.9 Å². The van der Waals surface area contributed by atoms with Crippen LogP contribution in [0, 0.1) is 0 Å². The summed E-state index contributed by atoms with van der Waals surface area (Å²) < 4.78 is 2.59. The van der Waals surface area contributed by atoms with Gasteiger partial charge in [-0.3, -0.25) is 0 Å². The van der Waals surface area contributed by atoms with Crippen LogP contribution in [0.1, 0.15) is 26.6 Å². The van der Waals surface area contributed by atoms with Crippen molar-refractivity contribution in [3.05, 3.63) is 23.2 Å². The van der Waals surface area contributed by atoms with Crippen LogP contribution in [0.15, 0.2) is 17.4 Å². The Morgan fingerprint density at radius 3 is 2.59 bits per heavy atom. The molecule has 2 aromatic heterocycles. The number of carbonyl (C=O) groups is 1. The van der Waals surface area contributed by atoms with E-state index in [-0.39, 0.29) is 5.41 Å². The van der Waals surface area contributed by atoms with Crippen molar-refractivity contribution in [1.82, 2.24) is 29.5 Å². The zero-order valence-electron chi connectivity index (χ0n) is 9.62. The molecular weight excluding hydrogens is 288 g/mol. The Morgan fingerprint density at radius 2 is 2.12 bits per heavy atom. The number of rotatable bonds is 0. The van der Waals surface area contributed by atoms with Crippen molar-refractivity contribution >= 4 is 22.0 Å². The zero-order valence-corrected chi connectivity index (χ0v) is 11.2. The number of halogens is 1. The molecule has 8 heteroatoms. The summed E-state index contributed by atoms with van der Waals surface area (Å²) in [7, 11) is 0. The smallest absolute Gasteiger partial charge is 0.243 e. The van der Waals surface area contributed by atoms with E-state index in [0.29, 0.717) is 10.6 Å². The van der Waals surface area contributed by atoms with Gasteiger partial charge in [0.05, 0.1) is 0 Å². The molecule has 17 heavy (non-hydrogen) atoms. The quantitative estimate of drug-likeness (QED) is 0.735. The maximum atomic E-state index is 12.0. The Kier molecular flexibility index (Phi) is 2.82. The van der Waals surface area contributed by atoms with E-state index < -0.39 is 6.03 Å². The summed E-state index contributed by atoms with van der Waals surface area (Å²) in [6.07, 6.45) is 2.60. The average molecular weight is 299 g/mol. The maximum Gasteiger partial charge on any atom is 0.373 e. The lowest BCUT2D eigenvalue weighted by Crippen LogP contribution is -2.22. The average Bonchev–Trinajstić information content (AvgIpc) is 2.83. The number of hydrogen-bond donors (Lipinski definition) is 0. The van der Waals surface area contributed by atoms with Gasteiger partial charge < -0.3 is 0 Å². The van der Waals surface area contributed by atoms with Gasteiger partial charge in [-0.1, -0.05) is 20.8 Å². The molecule has 0 atom stereocenters. The maximum absolute atomic E-state index is 12.0. The highest BCUT2D eigenvalue weighted by molar-refractivity contribution is 9.10. The Balaban J connectivity index is 2.41. The first-order valence-corrected chi connectivity index (χ1v) is 5.71. The molecule has 0 bridgehead atoms. The lowest BCUT2D eigenvalue weighted by Gasteiger charge is -2.11. The Morgan fingerprint density at radius 1 is 1.41 bits per heavy atom. The first kappa shape index (κ1) is 11.9. The molecule has 0 spiro atoms. The fourth-order valence-electron chi connectivity index (χ4n) is 1.14. The van der Waals surface area contributed by atoms with Gasteiger partial charge in [-0.2, -0.15) is 14.5 Å². The molecule has 0 N–H and O–H groups in total. The summed E-state index contributed by atoms with van der Waals surface area (Å²) in [5.41, 5.74) is -0.226.